The molecule has 1 aromatic heterocycles. The minimum atomic E-state index is -0.359. The van der Waals surface area contributed by atoms with E-state index in [0.29, 0.717) is 10.7 Å². The molecule has 0 aliphatic rings. The number of phenolic OH excluding ortho intramolecular Hbond substituents is 1. The first-order valence-corrected chi connectivity index (χ1v) is 7.53. The fourth-order valence-electron chi connectivity index (χ4n) is 1.46. The molecule has 2 aromatic rings. The number of thiophene rings is 1. The smallest absolute Gasteiger partial charge is 0.250 e. The van der Waals surface area contributed by atoms with Gasteiger partial charge in [-0.1, -0.05) is 17.7 Å². The van der Waals surface area contributed by atoms with E-state index in [0.717, 1.165) is 4.88 Å². The second-order valence-corrected chi connectivity index (χ2v) is 5.78. The normalized spacial score (nSPS) is 10.5. The number of nitrogens with one attached hydrogen (secondary N) is 2. The summed E-state index contributed by atoms with van der Waals surface area (Å²) in [5.41, 5.74) is 0.329. The molecule has 0 saturated heterocycles. The third-order valence-electron chi connectivity index (χ3n) is 2.39. The van der Waals surface area contributed by atoms with Crippen LogP contribution in [0.5, 0.6) is 5.75 Å². The Balaban J connectivity index is 1.92. The summed E-state index contributed by atoms with van der Waals surface area (Å²) in [4.78, 5) is 12.7. The number of benzene rings is 1. The van der Waals surface area contributed by atoms with Crippen molar-refractivity contribution in [2.75, 3.05) is 5.32 Å². The highest BCUT2D eigenvalue weighted by atomic mass is 35.5. The predicted molar refractivity (Wildman–Crippen MR) is 90.8 cm³/mol. The largest absolute Gasteiger partial charge is 0.506 e. The molecule has 0 spiro atoms. The Morgan fingerprint density at radius 3 is 2.90 bits per heavy atom. The molecular weight excluding hydrogens is 328 g/mol. The van der Waals surface area contributed by atoms with Crippen molar-refractivity contribution in [3.05, 3.63) is 51.7 Å². The molecule has 1 amide bonds. The molecule has 0 atom stereocenters. The van der Waals surface area contributed by atoms with Gasteiger partial charge in [0.25, 0.3) is 0 Å². The Morgan fingerprint density at radius 1 is 1.38 bits per heavy atom. The van der Waals surface area contributed by atoms with Gasteiger partial charge in [0.05, 0.1) is 5.69 Å². The first-order chi connectivity index (χ1) is 10.0. The molecule has 7 heteroatoms. The fourth-order valence-corrected chi connectivity index (χ4v) is 2.46. The van der Waals surface area contributed by atoms with Crippen LogP contribution in [0.4, 0.5) is 5.69 Å². The van der Waals surface area contributed by atoms with Crippen LogP contribution in [-0.2, 0) is 4.79 Å². The van der Waals surface area contributed by atoms with Gasteiger partial charge in [0.2, 0.25) is 5.91 Å². The zero-order valence-corrected chi connectivity index (χ0v) is 13.1. The Morgan fingerprint density at radius 2 is 2.19 bits per heavy atom. The van der Waals surface area contributed by atoms with E-state index in [9.17, 15) is 9.90 Å². The molecule has 0 radical (unpaired) electrons. The monoisotopic (exact) mass is 338 g/mol. The van der Waals surface area contributed by atoms with E-state index < -0.39 is 0 Å². The lowest BCUT2D eigenvalue weighted by Crippen LogP contribution is -2.32. The lowest BCUT2D eigenvalue weighted by atomic mass is 10.3. The highest BCUT2D eigenvalue weighted by Crippen LogP contribution is 2.26. The second kappa shape index (κ2) is 7.21. The summed E-state index contributed by atoms with van der Waals surface area (Å²) >= 11 is 12.3. The molecule has 1 heterocycles. The van der Waals surface area contributed by atoms with Crippen LogP contribution in [-0.4, -0.2) is 16.1 Å². The van der Waals surface area contributed by atoms with Crippen LogP contribution in [0.3, 0.4) is 0 Å². The number of rotatable bonds is 3. The number of carbonyl (C=O) groups is 1. The summed E-state index contributed by atoms with van der Waals surface area (Å²) < 4.78 is 0. The van der Waals surface area contributed by atoms with Gasteiger partial charge in [-0.05, 0) is 47.9 Å². The number of thiocarbonyl (C=S) groups is 1. The molecule has 0 fully saturated rings. The van der Waals surface area contributed by atoms with Crippen LogP contribution in [0.15, 0.2) is 41.8 Å². The molecule has 0 saturated carbocycles. The number of hydrogen-bond acceptors (Lipinski definition) is 4. The number of hydrogen-bond donors (Lipinski definition) is 3. The zero-order chi connectivity index (χ0) is 15.2. The van der Waals surface area contributed by atoms with Gasteiger partial charge in [-0.15, -0.1) is 11.3 Å². The maximum absolute atomic E-state index is 11.7. The van der Waals surface area contributed by atoms with Crippen molar-refractivity contribution in [3.8, 4) is 5.75 Å². The Hall–Kier alpha value is -1.89. The van der Waals surface area contributed by atoms with Crippen LogP contribution in [0.25, 0.3) is 6.08 Å². The molecule has 108 valence electrons. The number of aromatic hydroxyl groups is 1. The molecule has 4 nitrogen and oxygen atoms in total. The fraction of sp³-hybridized carbons (Fsp3) is 0. The molecule has 0 unspecified atom stereocenters. The van der Waals surface area contributed by atoms with E-state index in [1.807, 2.05) is 17.5 Å². The van der Waals surface area contributed by atoms with Crippen molar-refractivity contribution in [2.24, 2.45) is 0 Å². The standard InChI is InChI=1S/C14H11ClN2O2S2/c15-9-3-5-12(18)11(8-9)16-14(20)17-13(19)6-4-10-2-1-7-21-10/h1-8,18H,(H2,16,17,19,20). The van der Waals surface area contributed by atoms with Gasteiger partial charge in [0, 0.05) is 16.0 Å². The first kappa shape index (κ1) is 15.5. The van der Waals surface area contributed by atoms with E-state index in [4.69, 9.17) is 23.8 Å². The van der Waals surface area contributed by atoms with Crippen LogP contribution in [0.2, 0.25) is 5.02 Å². The molecule has 1 aromatic carbocycles. The van der Waals surface area contributed by atoms with Gasteiger partial charge in [-0.2, -0.15) is 0 Å². The van der Waals surface area contributed by atoms with Crippen molar-refractivity contribution >= 4 is 57.9 Å². The van der Waals surface area contributed by atoms with Crippen molar-refractivity contribution in [3.63, 3.8) is 0 Å². The summed E-state index contributed by atoms with van der Waals surface area (Å²) in [6, 6.07) is 8.29. The minimum absolute atomic E-state index is 0.00914. The topological polar surface area (TPSA) is 61.4 Å². The van der Waals surface area contributed by atoms with Crippen molar-refractivity contribution < 1.29 is 9.90 Å². The van der Waals surface area contributed by atoms with Crippen molar-refractivity contribution in [1.29, 1.82) is 0 Å². The minimum Gasteiger partial charge on any atom is -0.506 e. The van der Waals surface area contributed by atoms with Crippen LogP contribution >= 0.6 is 35.2 Å². The van der Waals surface area contributed by atoms with Crippen LogP contribution < -0.4 is 10.6 Å². The summed E-state index contributed by atoms with van der Waals surface area (Å²) in [6.07, 6.45) is 3.08. The Labute approximate surface area is 136 Å². The third-order valence-corrected chi connectivity index (χ3v) is 3.66. The van der Waals surface area contributed by atoms with Gasteiger partial charge in [0.15, 0.2) is 5.11 Å². The lowest BCUT2D eigenvalue weighted by Gasteiger charge is -2.09. The van der Waals surface area contributed by atoms with Crippen molar-refractivity contribution in [1.82, 2.24) is 5.32 Å². The van der Waals surface area contributed by atoms with E-state index in [-0.39, 0.29) is 16.8 Å². The average molecular weight is 339 g/mol. The molecule has 3 N–H and O–H groups in total. The number of carbonyl (C=O) groups excluding carboxylic acids is 1. The van der Waals surface area contributed by atoms with Gasteiger partial charge in [-0.3, -0.25) is 10.1 Å². The number of amides is 1. The molecule has 21 heavy (non-hydrogen) atoms. The average Bonchev–Trinajstić information content (AvgIpc) is 2.94. The van der Waals surface area contributed by atoms with Crippen LogP contribution in [0, 0.1) is 0 Å². The van der Waals surface area contributed by atoms with E-state index in [1.54, 1.807) is 12.1 Å². The maximum atomic E-state index is 11.7. The van der Waals surface area contributed by atoms with Gasteiger partial charge < -0.3 is 10.4 Å². The number of anilines is 1. The van der Waals surface area contributed by atoms with Gasteiger partial charge in [-0.25, -0.2) is 0 Å². The predicted octanol–water partition coefficient (Wildman–Crippen LogP) is 3.63. The molecule has 0 aliphatic carbocycles. The van der Waals surface area contributed by atoms with Gasteiger partial charge >= 0.3 is 0 Å². The van der Waals surface area contributed by atoms with E-state index in [2.05, 4.69) is 10.6 Å². The quantitative estimate of drug-likeness (QED) is 0.454. The summed E-state index contributed by atoms with van der Waals surface area (Å²) in [5.74, 6) is -0.368. The molecule has 0 bridgehead atoms. The summed E-state index contributed by atoms with van der Waals surface area (Å²) in [7, 11) is 0. The Kier molecular flexibility index (Phi) is 5.32. The lowest BCUT2D eigenvalue weighted by molar-refractivity contribution is -0.115. The summed E-state index contributed by atoms with van der Waals surface area (Å²) in [6.45, 7) is 0. The SMILES string of the molecule is O=C(C=Cc1cccs1)NC(=S)Nc1cc(Cl)ccc1O. The maximum Gasteiger partial charge on any atom is 0.250 e. The van der Waals surface area contributed by atoms with E-state index >= 15 is 0 Å². The highest BCUT2D eigenvalue weighted by Gasteiger charge is 2.06. The molecule has 2 rings (SSSR count). The Bertz CT molecular complexity index is 684. The van der Waals surface area contributed by atoms with Crippen LogP contribution in [0.1, 0.15) is 4.88 Å². The zero-order valence-electron chi connectivity index (χ0n) is 10.7. The number of phenols is 1. The second-order valence-electron chi connectivity index (χ2n) is 3.95. The van der Waals surface area contributed by atoms with Crippen molar-refractivity contribution in [2.45, 2.75) is 0 Å². The first-order valence-electron chi connectivity index (χ1n) is 5.86. The third kappa shape index (κ3) is 4.86. The van der Waals surface area contributed by atoms with Gasteiger partial charge in [0.1, 0.15) is 5.75 Å². The summed E-state index contributed by atoms with van der Waals surface area (Å²) in [5, 5.41) is 17.3. The molecular formula is C14H11ClN2O2S2. The molecule has 0 aliphatic heterocycles. The highest BCUT2D eigenvalue weighted by molar-refractivity contribution is 7.80. The number of halogens is 1. The van der Waals surface area contributed by atoms with E-state index in [1.165, 1.54) is 29.5 Å².